The van der Waals surface area contributed by atoms with Crippen molar-refractivity contribution in [2.45, 2.75) is 26.8 Å². The van der Waals surface area contributed by atoms with E-state index in [1.807, 2.05) is 73.0 Å². The zero-order chi connectivity index (χ0) is 19.5. The number of carbonyl (C=O) groups excluding carboxylic acids is 1. The minimum Gasteiger partial charge on any atom is -0.325 e. The molecule has 0 aliphatic heterocycles. The maximum absolute atomic E-state index is 12.8. The molecule has 1 amide bonds. The number of anilines is 1. The molecule has 4 nitrogen and oxygen atoms in total. The molecule has 3 aromatic carbocycles. The van der Waals surface area contributed by atoms with Gasteiger partial charge in [-0.1, -0.05) is 48.5 Å². The van der Waals surface area contributed by atoms with E-state index in [9.17, 15) is 4.79 Å². The third-order valence-electron chi connectivity index (χ3n) is 4.75. The molecule has 140 valence electrons. The average Bonchev–Trinajstić information content (AvgIpc) is 2.99. The fourth-order valence-corrected chi connectivity index (χ4v) is 3.61. The molecule has 0 atom stereocenters. The Bertz CT molecular complexity index is 1110. The summed E-state index contributed by atoms with van der Waals surface area (Å²) in [6.07, 6.45) is 0.687. The first kappa shape index (κ1) is 18.0. The summed E-state index contributed by atoms with van der Waals surface area (Å²) in [6.45, 7) is 4.30. The van der Waals surface area contributed by atoms with Crippen LogP contribution in [0, 0.1) is 13.8 Å². The van der Waals surface area contributed by atoms with Gasteiger partial charge in [0, 0.05) is 12.1 Å². The lowest BCUT2D eigenvalue weighted by molar-refractivity contribution is -0.116. The van der Waals surface area contributed by atoms with Crippen molar-refractivity contribution in [3.63, 3.8) is 0 Å². The maximum atomic E-state index is 12.8. The second kappa shape index (κ2) is 7.69. The Hall–Kier alpha value is -3.40. The Balaban J connectivity index is 1.63. The lowest BCUT2D eigenvalue weighted by Gasteiger charge is -2.11. The number of hydrogen-bond acceptors (Lipinski definition) is 2. The Morgan fingerprint density at radius 1 is 0.929 bits per heavy atom. The van der Waals surface area contributed by atoms with Gasteiger partial charge in [-0.15, -0.1) is 0 Å². The highest BCUT2D eigenvalue weighted by atomic mass is 16.1. The molecule has 1 N–H and O–H groups in total. The Kier molecular flexibility index (Phi) is 4.94. The van der Waals surface area contributed by atoms with Gasteiger partial charge in [-0.3, -0.25) is 4.79 Å². The predicted molar refractivity (Wildman–Crippen MR) is 114 cm³/mol. The Labute approximate surface area is 164 Å². The molecule has 0 unspecified atom stereocenters. The van der Waals surface area contributed by atoms with Crippen molar-refractivity contribution in [2.75, 3.05) is 5.32 Å². The number of nitrogens with one attached hydrogen (secondary N) is 1. The van der Waals surface area contributed by atoms with Gasteiger partial charge in [0.15, 0.2) is 0 Å². The topological polar surface area (TPSA) is 46.9 Å². The lowest BCUT2D eigenvalue weighted by Crippen LogP contribution is -2.20. The van der Waals surface area contributed by atoms with Crippen LogP contribution in [0.15, 0.2) is 72.8 Å². The van der Waals surface area contributed by atoms with Gasteiger partial charge in [0.2, 0.25) is 5.91 Å². The van der Waals surface area contributed by atoms with Crippen LogP contribution in [-0.4, -0.2) is 15.5 Å². The average molecular weight is 369 g/mol. The van der Waals surface area contributed by atoms with Crippen molar-refractivity contribution in [3.8, 4) is 0 Å². The minimum absolute atomic E-state index is 0.0533. The second-order valence-corrected chi connectivity index (χ2v) is 7.19. The molecule has 4 aromatic rings. The van der Waals surface area contributed by atoms with Crippen LogP contribution in [0.3, 0.4) is 0 Å². The molecule has 28 heavy (non-hydrogen) atoms. The first-order valence-corrected chi connectivity index (χ1v) is 9.45. The van der Waals surface area contributed by atoms with Crippen LogP contribution >= 0.6 is 0 Å². The van der Waals surface area contributed by atoms with Gasteiger partial charge in [0.25, 0.3) is 0 Å². The normalized spacial score (nSPS) is 10.9. The van der Waals surface area contributed by atoms with E-state index in [1.54, 1.807) is 0 Å². The molecule has 1 heterocycles. The number of rotatable bonds is 5. The standard InChI is InChI=1S/C24H23N3O/c1-17-12-18(2)14-20(13-17)25-24(28)16-27-22-11-7-6-10-21(22)26-23(27)15-19-8-4-3-5-9-19/h3-14H,15-16H2,1-2H3,(H,25,28). The van der Waals surface area contributed by atoms with Crippen LogP contribution < -0.4 is 5.32 Å². The number of hydrogen-bond donors (Lipinski definition) is 1. The summed E-state index contributed by atoms with van der Waals surface area (Å²) in [7, 11) is 0. The van der Waals surface area contributed by atoms with Gasteiger partial charge in [-0.25, -0.2) is 4.98 Å². The third kappa shape index (κ3) is 3.96. The Morgan fingerprint density at radius 2 is 1.61 bits per heavy atom. The molecule has 1 aromatic heterocycles. The molecule has 0 spiro atoms. The summed E-state index contributed by atoms with van der Waals surface area (Å²) in [4.78, 5) is 17.6. The number of nitrogens with zero attached hydrogens (tertiary/aromatic N) is 2. The first-order valence-electron chi connectivity index (χ1n) is 9.45. The number of aryl methyl sites for hydroxylation is 2. The van der Waals surface area contributed by atoms with Crippen LogP contribution in [0.25, 0.3) is 11.0 Å². The molecule has 0 saturated heterocycles. The van der Waals surface area contributed by atoms with E-state index < -0.39 is 0 Å². The van der Waals surface area contributed by atoms with Crippen molar-refractivity contribution in [1.29, 1.82) is 0 Å². The van der Waals surface area contributed by atoms with Crippen molar-refractivity contribution in [1.82, 2.24) is 9.55 Å². The van der Waals surface area contributed by atoms with E-state index >= 15 is 0 Å². The monoisotopic (exact) mass is 369 g/mol. The van der Waals surface area contributed by atoms with Gasteiger partial charge in [0.1, 0.15) is 12.4 Å². The molecular weight excluding hydrogens is 346 g/mol. The van der Waals surface area contributed by atoms with Gasteiger partial charge in [0.05, 0.1) is 11.0 Å². The zero-order valence-electron chi connectivity index (χ0n) is 16.1. The summed E-state index contributed by atoms with van der Waals surface area (Å²) >= 11 is 0. The van der Waals surface area contributed by atoms with Crippen molar-refractivity contribution in [3.05, 3.63) is 95.3 Å². The van der Waals surface area contributed by atoms with E-state index in [-0.39, 0.29) is 12.5 Å². The molecule has 0 fully saturated rings. The number of aromatic nitrogens is 2. The molecule has 0 saturated carbocycles. The summed E-state index contributed by atoms with van der Waals surface area (Å²) in [5.74, 6) is 0.838. The number of benzene rings is 3. The number of amides is 1. The van der Waals surface area contributed by atoms with Crippen molar-refractivity contribution >= 4 is 22.6 Å². The SMILES string of the molecule is Cc1cc(C)cc(NC(=O)Cn2c(Cc3ccccc3)nc3ccccc32)c1. The number of fused-ring (bicyclic) bond motifs is 1. The molecule has 0 radical (unpaired) electrons. The summed E-state index contributed by atoms with van der Waals surface area (Å²) in [5, 5.41) is 3.03. The van der Waals surface area contributed by atoms with Gasteiger partial charge < -0.3 is 9.88 Å². The largest absolute Gasteiger partial charge is 0.325 e. The highest BCUT2D eigenvalue weighted by Crippen LogP contribution is 2.19. The quantitative estimate of drug-likeness (QED) is 0.545. The fourth-order valence-electron chi connectivity index (χ4n) is 3.61. The van der Waals surface area contributed by atoms with E-state index in [4.69, 9.17) is 4.98 Å². The molecule has 4 heteroatoms. The molecule has 0 aliphatic carbocycles. The van der Waals surface area contributed by atoms with Gasteiger partial charge >= 0.3 is 0 Å². The summed E-state index contributed by atoms with van der Waals surface area (Å²) < 4.78 is 2.01. The molecular formula is C24H23N3O. The number of para-hydroxylation sites is 2. The number of imidazole rings is 1. The summed E-state index contributed by atoms with van der Waals surface area (Å²) in [5.41, 5.74) is 6.16. The minimum atomic E-state index is -0.0533. The predicted octanol–water partition coefficient (Wildman–Crippen LogP) is 4.88. The lowest BCUT2D eigenvalue weighted by atomic mass is 10.1. The van der Waals surface area contributed by atoms with Crippen LogP contribution in [0.4, 0.5) is 5.69 Å². The number of carbonyl (C=O) groups is 1. The highest BCUT2D eigenvalue weighted by molar-refractivity contribution is 5.92. The van der Waals surface area contributed by atoms with Crippen molar-refractivity contribution in [2.24, 2.45) is 0 Å². The molecule has 4 rings (SSSR count). The highest BCUT2D eigenvalue weighted by Gasteiger charge is 2.14. The zero-order valence-corrected chi connectivity index (χ0v) is 16.1. The van der Waals surface area contributed by atoms with E-state index in [0.717, 1.165) is 33.7 Å². The maximum Gasteiger partial charge on any atom is 0.244 e. The van der Waals surface area contributed by atoms with E-state index in [2.05, 4.69) is 23.5 Å². The van der Waals surface area contributed by atoms with E-state index in [1.165, 1.54) is 5.56 Å². The van der Waals surface area contributed by atoms with Gasteiger partial charge in [-0.2, -0.15) is 0 Å². The van der Waals surface area contributed by atoms with Crippen LogP contribution in [0.5, 0.6) is 0 Å². The van der Waals surface area contributed by atoms with Crippen LogP contribution in [-0.2, 0) is 17.8 Å². The first-order chi connectivity index (χ1) is 13.6. The van der Waals surface area contributed by atoms with E-state index in [0.29, 0.717) is 6.42 Å². The van der Waals surface area contributed by atoms with Gasteiger partial charge in [-0.05, 0) is 54.8 Å². The molecule has 0 aliphatic rings. The summed E-state index contributed by atoms with van der Waals surface area (Å²) in [6, 6.07) is 24.2. The fraction of sp³-hybridized carbons (Fsp3) is 0.167. The smallest absolute Gasteiger partial charge is 0.244 e. The third-order valence-corrected chi connectivity index (χ3v) is 4.75. The van der Waals surface area contributed by atoms with Crippen LogP contribution in [0.1, 0.15) is 22.5 Å². The Morgan fingerprint density at radius 3 is 2.36 bits per heavy atom. The molecule has 0 bridgehead atoms. The second-order valence-electron chi connectivity index (χ2n) is 7.19. The van der Waals surface area contributed by atoms with Crippen molar-refractivity contribution < 1.29 is 4.79 Å². The van der Waals surface area contributed by atoms with Crippen LogP contribution in [0.2, 0.25) is 0 Å².